The number of rotatable bonds is 8. The molecule has 314 valence electrons. The number of fused-ring (bicyclic) bond motifs is 2. The van der Waals surface area contributed by atoms with Crippen molar-refractivity contribution in [1.29, 1.82) is 0 Å². The van der Waals surface area contributed by atoms with E-state index in [1.165, 1.54) is 37.6 Å². The highest BCUT2D eigenvalue weighted by Gasteiger charge is 2.47. The number of aliphatic hydroxyl groups excluding tert-OH is 1. The van der Waals surface area contributed by atoms with Gasteiger partial charge in [-0.25, -0.2) is 13.6 Å². The van der Waals surface area contributed by atoms with Crippen molar-refractivity contribution in [3.05, 3.63) is 70.8 Å². The molecule has 9 atom stereocenters. The number of carbonyl (C=O) groups is 7. The van der Waals surface area contributed by atoms with Crippen LogP contribution in [0.3, 0.4) is 0 Å². The number of esters is 1. The van der Waals surface area contributed by atoms with E-state index in [0.717, 1.165) is 22.6 Å². The fraction of sp³-hybridized carbons (Fsp3) is 0.537. The summed E-state index contributed by atoms with van der Waals surface area (Å²) in [5.74, 6) is -7.39. The minimum atomic E-state index is -1.67. The summed E-state index contributed by atoms with van der Waals surface area (Å²) in [4.78, 5) is 101. The van der Waals surface area contributed by atoms with Crippen molar-refractivity contribution < 1.29 is 52.2 Å². The number of carbonyl (C=O) groups excluding carboxylic acids is 7. The summed E-state index contributed by atoms with van der Waals surface area (Å²) in [6.07, 6.45) is -2.65. The molecule has 3 aliphatic rings. The van der Waals surface area contributed by atoms with Crippen LogP contribution in [0, 0.1) is 24.5 Å². The van der Waals surface area contributed by atoms with Gasteiger partial charge >= 0.3 is 5.97 Å². The monoisotopic (exact) mass is 810 g/mol. The topological polar surface area (TPSA) is 195 Å². The average molecular weight is 811 g/mol. The van der Waals surface area contributed by atoms with Gasteiger partial charge in [-0.2, -0.15) is 0 Å². The summed E-state index contributed by atoms with van der Waals surface area (Å²) >= 11 is 0. The number of hydrogen-bond donors (Lipinski definition) is 4. The van der Waals surface area contributed by atoms with Crippen LogP contribution in [-0.2, 0) is 51.1 Å². The van der Waals surface area contributed by atoms with Crippen molar-refractivity contribution in [2.45, 2.75) is 115 Å². The van der Waals surface area contributed by atoms with Gasteiger partial charge in [0.25, 0.3) is 0 Å². The van der Waals surface area contributed by atoms with E-state index in [1.54, 1.807) is 12.1 Å². The molecule has 15 nitrogen and oxygen atoms in total. The molecule has 3 heterocycles. The van der Waals surface area contributed by atoms with Gasteiger partial charge in [0.05, 0.1) is 12.5 Å². The first-order chi connectivity index (χ1) is 27.3. The van der Waals surface area contributed by atoms with Gasteiger partial charge in [0.2, 0.25) is 35.4 Å². The number of amides is 6. The molecule has 2 unspecified atom stereocenters. The second-order valence-electron chi connectivity index (χ2n) is 15.8. The van der Waals surface area contributed by atoms with Gasteiger partial charge in [-0.15, -0.1) is 0 Å². The third-order valence-corrected chi connectivity index (χ3v) is 10.9. The summed E-state index contributed by atoms with van der Waals surface area (Å²) in [6, 6.07) is 1.70. The number of hydrogen-bond acceptors (Lipinski definition) is 9. The number of halogens is 2. The number of nitrogens with zero attached hydrogens (tertiary/aromatic N) is 3. The Kier molecular flexibility index (Phi) is 13.9. The first-order valence-corrected chi connectivity index (χ1v) is 19.5. The molecule has 2 aromatic rings. The van der Waals surface area contributed by atoms with Crippen LogP contribution >= 0.6 is 0 Å². The highest BCUT2D eigenvalue weighted by atomic mass is 19.1. The van der Waals surface area contributed by atoms with Crippen molar-refractivity contribution in [2.75, 3.05) is 20.1 Å². The maximum Gasteiger partial charge on any atom is 0.329 e. The van der Waals surface area contributed by atoms with Gasteiger partial charge in [-0.1, -0.05) is 36.8 Å². The largest absolute Gasteiger partial charge is 0.458 e. The Morgan fingerprint density at radius 1 is 0.931 bits per heavy atom. The Morgan fingerprint density at radius 2 is 1.59 bits per heavy atom. The van der Waals surface area contributed by atoms with Crippen LogP contribution in [0.1, 0.15) is 63.6 Å². The Morgan fingerprint density at radius 3 is 2.22 bits per heavy atom. The Balaban J connectivity index is 1.51. The standard InChI is InChI=1S/C41H52F2N6O9/c1-21-9-11-26(12-10-21)18-33(51)45-30(17-27-15-28(42)19-29(43)16-27)36(52)46-34-25(5)58-41(57)32-14-22(2)20-49(32)38(54)23(3)44-37(53)35(24(4)50)47(6)39(55)31-8-7-13-48(31)40(34)56/h9-12,15-16,19,22-25,30-32,34-35,50H,7-8,13-14,17-18,20H2,1-6H3,(H,44,53)(H,45,51)(H,46,52)/t22-,23-,24-,25-,30-,31?,32?,34-,35-/m0/s1. The lowest BCUT2D eigenvalue weighted by Gasteiger charge is -2.37. The molecular weight excluding hydrogens is 758 g/mol. The predicted octanol–water partition coefficient (Wildman–Crippen LogP) is 0.914. The summed E-state index contributed by atoms with van der Waals surface area (Å²) in [6.45, 7) is 7.99. The predicted molar refractivity (Wildman–Crippen MR) is 204 cm³/mol. The van der Waals surface area contributed by atoms with E-state index in [1.807, 2.05) is 26.0 Å². The molecule has 3 fully saturated rings. The highest BCUT2D eigenvalue weighted by molar-refractivity contribution is 5.98. The van der Waals surface area contributed by atoms with Crippen LogP contribution in [0.4, 0.5) is 8.78 Å². The van der Waals surface area contributed by atoms with Gasteiger partial charge in [-0.05, 0) is 76.1 Å². The number of likely N-dealkylation sites (N-methyl/N-ethyl adjacent to an activating group) is 1. The molecule has 0 aromatic heterocycles. The third kappa shape index (κ3) is 10.2. The van der Waals surface area contributed by atoms with Gasteiger partial charge in [-0.3, -0.25) is 28.8 Å². The molecule has 0 saturated carbocycles. The van der Waals surface area contributed by atoms with E-state index in [0.29, 0.717) is 18.1 Å². The van der Waals surface area contributed by atoms with Crippen LogP contribution in [0.5, 0.6) is 0 Å². The van der Waals surface area contributed by atoms with Crippen LogP contribution in [0.2, 0.25) is 0 Å². The van der Waals surface area contributed by atoms with Crippen LogP contribution in [0.25, 0.3) is 0 Å². The second-order valence-corrected chi connectivity index (χ2v) is 15.8. The molecule has 17 heteroatoms. The first-order valence-electron chi connectivity index (χ1n) is 19.5. The molecule has 5 rings (SSSR count). The van der Waals surface area contributed by atoms with Crippen molar-refractivity contribution in [3.63, 3.8) is 0 Å². The average Bonchev–Trinajstić information content (AvgIpc) is 3.80. The van der Waals surface area contributed by atoms with Gasteiger partial charge in [0.15, 0.2) is 0 Å². The summed E-state index contributed by atoms with van der Waals surface area (Å²) in [5.41, 5.74) is 1.61. The van der Waals surface area contributed by atoms with Gasteiger partial charge in [0.1, 0.15) is 54.0 Å². The molecule has 0 spiro atoms. The minimum Gasteiger partial charge on any atom is -0.458 e. The number of ether oxygens (including phenoxy) is 1. The fourth-order valence-corrected chi connectivity index (χ4v) is 7.95. The summed E-state index contributed by atoms with van der Waals surface area (Å²) < 4.78 is 34.5. The molecular formula is C41H52F2N6O9. The number of aryl methyl sites for hydroxylation is 1. The quantitative estimate of drug-likeness (QED) is 0.281. The van der Waals surface area contributed by atoms with E-state index in [-0.39, 0.29) is 43.8 Å². The maximum absolute atomic E-state index is 14.6. The molecule has 3 saturated heterocycles. The van der Waals surface area contributed by atoms with E-state index in [9.17, 15) is 47.4 Å². The van der Waals surface area contributed by atoms with Crippen LogP contribution in [-0.4, -0.2) is 130 Å². The fourth-order valence-electron chi connectivity index (χ4n) is 7.95. The molecule has 0 bridgehead atoms. The van der Waals surface area contributed by atoms with E-state index < -0.39 is 108 Å². The Labute approximate surface area is 335 Å². The molecule has 4 N–H and O–H groups in total. The van der Waals surface area contributed by atoms with E-state index in [4.69, 9.17) is 4.74 Å². The summed E-state index contributed by atoms with van der Waals surface area (Å²) in [7, 11) is 1.30. The number of cyclic esters (lactones) is 1. The maximum atomic E-state index is 14.6. The van der Waals surface area contributed by atoms with Crippen LogP contribution < -0.4 is 16.0 Å². The van der Waals surface area contributed by atoms with Crippen molar-refractivity contribution >= 4 is 41.4 Å². The first kappa shape index (κ1) is 43.7. The zero-order valence-corrected chi connectivity index (χ0v) is 33.5. The van der Waals surface area contributed by atoms with E-state index >= 15 is 0 Å². The summed E-state index contributed by atoms with van der Waals surface area (Å²) in [5, 5.41) is 18.5. The molecule has 3 aliphatic heterocycles. The molecule has 6 amide bonds. The lowest BCUT2D eigenvalue weighted by Crippen LogP contribution is -2.63. The second kappa shape index (κ2) is 18.4. The van der Waals surface area contributed by atoms with Gasteiger partial charge in [0, 0.05) is 32.6 Å². The SMILES string of the molecule is Cc1ccc(CC(=O)N[C@@H](Cc2cc(F)cc(F)c2)C(=O)N[C@@H]2C(=O)N3CCCC3C(=O)N(C)[C@@H]([C@H](C)O)C(=O)N[C@@H](C)C(=O)N3C[C@@H](C)CC3C(=O)O[C@H]2C)cc1. The minimum absolute atomic E-state index is 0.0244. The Hall–Kier alpha value is -5.45. The lowest BCUT2D eigenvalue weighted by atomic mass is 10.0. The highest BCUT2D eigenvalue weighted by Crippen LogP contribution is 2.27. The Bertz CT molecular complexity index is 1890. The van der Waals surface area contributed by atoms with Gasteiger partial charge < -0.3 is 40.5 Å². The number of aliphatic hydroxyl groups is 1. The zero-order valence-electron chi connectivity index (χ0n) is 33.5. The normalized spacial score (nSPS) is 27.0. The zero-order chi connectivity index (χ0) is 42.6. The van der Waals surface area contributed by atoms with Crippen LogP contribution in [0.15, 0.2) is 42.5 Å². The van der Waals surface area contributed by atoms with Crippen molar-refractivity contribution in [3.8, 4) is 0 Å². The van der Waals surface area contributed by atoms with E-state index in [2.05, 4.69) is 16.0 Å². The van der Waals surface area contributed by atoms with Crippen molar-refractivity contribution in [2.24, 2.45) is 5.92 Å². The number of benzene rings is 2. The van der Waals surface area contributed by atoms with Crippen molar-refractivity contribution in [1.82, 2.24) is 30.7 Å². The molecule has 0 aliphatic carbocycles. The molecule has 2 aromatic carbocycles. The number of nitrogens with one attached hydrogen (secondary N) is 3. The smallest absolute Gasteiger partial charge is 0.329 e. The molecule has 0 radical (unpaired) electrons. The third-order valence-electron chi connectivity index (χ3n) is 10.9. The molecule has 58 heavy (non-hydrogen) atoms. The lowest BCUT2D eigenvalue weighted by molar-refractivity contribution is -0.163.